The summed E-state index contributed by atoms with van der Waals surface area (Å²) in [5, 5.41) is 38.7. The fourth-order valence-corrected chi connectivity index (χ4v) is 1.00. The second kappa shape index (κ2) is 7.72. The van der Waals surface area contributed by atoms with Crippen LogP contribution in [0.2, 0.25) is 0 Å². The lowest BCUT2D eigenvalue weighted by molar-refractivity contribution is -0.139. The molecular weight excluding hydrogens is 202 g/mol. The molecule has 0 unspecified atom stereocenters. The van der Waals surface area contributed by atoms with Crippen LogP contribution in [0, 0.1) is 0 Å². The number of hydrogen-bond donors (Lipinski definition) is 5. The van der Waals surface area contributed by atoms with E-state index < -0.39 is 30.7 Å². The predicted molar refractivity (Wildman–Crippen MR) is 53.3 cm³/mol. The zero-order valence-electron chi connectivity index (χ0n) is 8.76. The molecule has 0 amide bonds. The molecule has 0 bridgehead atoms. The van der Waals surface area contributed by atoms with Crippen LogP contribution < -0.4 is 5.32 Å². The van der Waals surface area contributed by atoms with E-state index >= 15 is 0 Å². The first-order valence-corrected chi connectivity index (χ1v) is 4.93. The third-order valence-electron chi connectivity index (χ3n) is 1.96. The van der Waals surface area contributed by atoms with E-state index in [4.69, 9.17) is 10.2 Å². The fourth-order valence-electron chi connectivity index (χ4n) is 1.00. The molecule has 0 spiro atoms. The van der Waals surface area contributed by atoms with Crippen molar-refractivity contribution >= 4 is 5.78 Å². The lowest BCUT2D eigenvalue weighted by Crippen LogP contribution is -2.46. The highest BCUT2D eigenvalue weighted by Crippen LogP contribution is 2.00. The fraction of sp³-hybridized carbons (Fsp3) is 0.889. The summed E-state index contributed by atoms with van der Waals surface area (Å²) < 4.78 is 0. The minimum Gasteiger partial charge on any atom is -0.394 e. The highest BCUT2D eigenvalue weighted by atomic mass is 16.4. The van der Waals surface area contributed by atoms with Crippen molar-refractivity contribution in [1.29, 1.82) is 0 Å². The Kier molecular flexibility index (Phi) is 7.45. The molecule has 15 heavy (non-hydrogen) atoms. The highest BCUT2D eigenvalue weighted by Gasteiger charge is 2.29. The Morgan fingerprint density at radius 1 is 1.33 bits per heavy atom. The van der Waals surface area contributed by atoms with Gasteiger partial charge in [0, 0.05) is 0 Å². The van der Waals surface area contributed by atoms with Crippen LogP contribution in [-0.4, -0.2) is 64.2 Å². The van der Waals surface area contributed by atoms with Gasteiger partial charge in [-0.25, -0.2) is 0 Å². The van der Waals surface area contributed by atoms with Crippen molar-refractivity contribution in [3.63, 3.8) is 0 Å². The molecule has 6 heteroatoms. The molecule has 0 aliphatic carbocycles. The van der Waals surface area contributed by atoms with E-state index in [0.717, 1.165) is 6.42 Å². The summed E-state index contributed by atoms with van der Waals surface area (Å²) in [6.45, 7) is 1.80. The average Bonchev–Trinajstić information content (AvgIpc) is 2.26. The number of Topliss-reactive ketones (excluding diaryl/α,β-unsaturated/α-hetero) is 1. The van der Waals surface area contributed by atoms with Crippen molar-refractivity contribution < 1.29 is 25.2 Å². The average molecular weight is 221 g/mol. The molecule has 6 nitrogen and oxygen atoms in total. The number of aliphatic hydroxyl groups is 4. The molecule has 0 aromatic carbocycles. The molecular formula is C9H19NO5. The molecule has 0 saturated carbocycles. The van der Waals surface area contributed by atoms with Crippen LogP contribution in [0.4, 0.5) is 0 Å². The van der Waals surface area contributed by atoms with E-state index in [2.05, 4.69) is 5.32 Å². The maximum atomic E-state index is 11.2. The van der Waals surface area contributed by atoms with Gasteiger partial charge in [-0.2, -0.15) is 0 Å². The topological polar surface area (TPSA) is 110 Å². The zero-order chi connectivity index (χ0) is 11.8. The van der Waals surface area contributed by atoms with Gasteiger partial charge in [-0.3, -0.25) is 4.79 Å². The summed E-state index contributed by atoms with van der Waals surface area (Å²) in [5.74, 6) is -0.608. The van der Waals surface area contributed by atoms with Crippen LogP contribution in [0.5, 0.6) is 0 Å². The van der Waals surface area contributed by atoms with Crippen LogP contribution in [0.15, 0.2) is 0 Å². The summed E-state index contributed by atoms with van der Waals surface area (Å²) >= 11 is 0. The molecule has 0 heterocycles. The molecule has 0 saturated heterocycles. The molecule has 90 valence electrons. The first-order chi connectivity index (χ1) is 7.04. The molecule has 0 radical (unpaired) electrons. The molecule has 0 aliphatic rings. The van der Waals surface area contributed by atoms with Crippen molar-refractivity contribution in [2.75, 3.05) is 19.7 Å². The number of rotatable bonds is 8. The number of aliphatic hydroxyl groups excluding tert-OH is 4. The second-order valence-electron chi connectivity index (χ2n) is 3.33. The third-order valence-corrected chi connectivity index (χ3v) is 1.96. The Balaban J connectivity index is 3.96. The lowest BCUT2D eigenvalue weighted by atomic mass is 10.0. The monoisotopic (exact) mass is 221 g/mol. The van der Waals surface area contributed by atoms with Crippen LogP contribution in [0.3, 0.4) is 0 Å². The standard InChI is InChI=1S/C9H19NO5/c1-2-3-10-4-6(12)8(14)9(15)7(13)5-11/h7-11,13-15H,2-5H2,1H3/t7-,8-,9-/m1/s1. The first-order valence-electron chi connectivity index (χ1n) is 4.93. The zero-order valence-corrected chi connectivity index (χ0v) is 8.76. The number of ketones is 1. The van der Waals surface area contributed by atoms with Gasteiger partial charge in [-0.05, 0) is 13.0 Å². The summed E-state index contributed by atoms with van der Waals surface area (Å²) in [4.78, 5) is 11.2. The highest BCUT2D eigenvalue weighted by molar-refractivity contribution is 5.85. The van der Waals surface area contributed by atoms with Gasteiger partial charge < -0.3 is 25.7 Å². The van der Waals surface area contributed by atoms with Gasteiger partial charge in [0.15, 0.2) is 5.78 Å². The van der Waals surface area contributed by atoms with Crippen LogP contribution in [0.25, 0.3) is 0 Å². The normalized spacial score (nSPS) is 17.1. The summed E-state index contributed by atoms with van der Waals surface area (Å²) in [6.07, 6.45) is -3.97. The van der Waals surface area contributed by atoms with E-state index in [9.17, 15) is 15.0 Å². The van der Waals surface area contributed by atoms with Crippen molar-refractivity contribution in [3.8, 4) is 0 Å². The van der Waals surface area contributed by atoms with Gasteiger partial charge in [0.2, 0.25) is 0 Å². The molecule has 0 aliphatic heterocycles. The van der Waals surface area contributed by atoms with E-state index in [-0.39, 0.29) is 6.54 Å². The maximum Gasteiger partial charge on any atom is 0.177 e. The smallest absolute Gasteiger partial charge is 0.177 e. The van der Waals surface area contributed by atoms with Crippen LogP contribution >= 0.6 is 0 Å². The van der Waals surface area contributed by atoms with Gasteiger partial charge in [-0.1, -0.05) is 6.92 Å². The number of carbonyl (C=O) groups excluding carboxylic acids is 1. The summed E-state index contributed by atoms with van der Waals surface area (Å²) in [7, 11) is 0. The summed E-state index contributed by atoms with van der Waals surface area (Å²) in [5.41, 5.74) is 0. The van der Waals surface area contributed by atoms with E-state index in [1.165, 1.54) is 0 Å². The second-order valence-corrected chi connectivity index (χ2v) is 3.33. The quantitative estimate of drug-likeness (QED) is 0.293. The number of hydrogen-bond acceptors (Lipinski definition) is 6. The Morgan fingerprint density at radius 2 is 1.93 bits per heavy atom. The number of carbonyl (C=O) groups is 1. The molecule has 5 N–H and O–H groups in total. The van der Waals surface area contributed by atoms with E-state index in [1.807, 2.05) is 6.92 Å². The van der Waals surface area contributed by atoms with Crippen LogP contribution in [-0.2, 0) is 4.79 Å². The molecule has 3 atom stereocenters. The van der Waals surface area contributed by atoms with Crippen molar-refractivity contribution in [2.45, 2.75) is 31.7 Å². The van der Waals surface area contributed by atoms with Crippen molar-refractivity contribution in [3.05, 3.63) is 0 Å². The predicted octanol–water partition coefficient (Wildman–Crippen LogP) is -2.37. The largest absolute Gasteiger partial charge is 0.394 e. The van der Waals surface area contributed by atoms with Gasteiger partial charge in [-0.15, -0.1) is 0 Å². The Hall–Kier alpha value is -0.530. The minimum atomic E-state index is -1.67. The third kappa shape index (κ3) is 5.19. The SMILES string of the molecule is CCCNCC(=O)[C@@H](O)[C@H](O)[C@H](O)CO. The van der Waals surface area contributed by atoms with Gasteiger partial charge >= 0.3 is 0 Å². The van der Waals surface area contributed by atoms with E-state index in [1.54, 1.807) is 0 Å². The summed E-state index contributed by atoms with van der Waals surface area (Å²) in [6, 6.07) is 0. The molecule has 0 fully saturated rings. The molecule has 0 rings (SSSR count). The molecule has 0 aromatic rings. The first kappa shape index (κ1) is 14.5. The van der Waals surface area contributed by atoms with Crippen LogP contribution in [0.1, 0.15) is 13.3 Å². The van der Waals surface area contributed by atoms with Gasteiger partial charge in [0.1, 0.15) is 18.3 Å². The molecule has 0 aromatic heterocycles. The van der Waals surface area contributed by atoms with E-state index in [0.29, 0.717) is 6.54 Å². The van der Waals surface area contributed by atoms with Crippen molar-refractivity contribution in [1.82, 2.24) is 5.32 Å². The van der Waals surface area contributed by atoms with Gasteiger partial charge in [0.25, 0.3) is 0 Å². The minimum absolute atomic E-state index is 0.0653. The number of nitrogens with one attached hydrogen (secondary N) is 1. The lowest BCUT2D eigenvalue weighted by Gasteiger charge is -2.20. The maximum absolute atomic E-state index is 11.2. The Bertz CT molecular complexity index is 187. The Morgan fingerprint density at radius 3 is 2.40 bits per heavy atom. The van der Waals surface area contributed by atoms with Crippen molar-refractivity contribution in [2.24, 2.45) is 0 Å². The van der Waals surface area contributed by atoms with Gasteiger partial charge in [0.05, 0.1) is 13.2 Å². The Labute approximate surface area is 88.5 Å².